The Labute approximate surface area is 140 Å². The second-order valence-electron chi connectivity index (χ2n) is 6.15. The zero-order valence-corrected chi connectivity index (χ0v) is 13.3. The van der Waals surface area contributed by atoms with Crippen LogP contribution in [0.5, 0.6) is 5.75 Å². The van der Waals surface area contributed by atoms with Gasteiger partial charge in [-0.15, -0.1) is 0 Å². The van der Waals surface area contributed by atoms with E-state index in [1.165, 1.54) is 6.20 Å². The van der Waals surface area contributed by atoms with E-state index in [2.05, 4.69) is 19.9 Å². The smallest absolute Gasteiger partial charge is 0.274 e. The molecule has 0 spiro atoms. The van der Waals surface area contributed by atoms with Crippen LogP contribution in [0.25, 0.3) is 0 Å². The van der Waals surface area contributed by atoms with Crippen LogP contribution in [0.15, 0.2) is 43.1 Å². The van der Waals surface area contributed by atoms with E-state index >= 15 is 0 Å². The van der Waals surface area contributed by atoms with E-state index in [4.69, 9.17) is 4.74 Å². The molecule has 2 aromatic rings. The molecule has 2 aliphatic heterocycles. The van der Waals surface area contributed by atoms with Crippen molar-refractivity contribution >= 4 is 5.91 Å². The number of amides is 1. The SMILES string of the molecule is O=C(c1cnccn1)N1CCN2C[C@H](Oc3cccnc3)C[C@H]2C1. The molecule has 0 radical (unpaired) electrons. The third-order valence-electron chi connectivity index (χ3n) is 4.58. The van der Waals surface area contributed by atoms with Gasteiger partial charge in [-0.05, 0) is 12.1 Å². The summed E-state index contributed by atoms with van der Waals surface area (Å²) in [5, 5.41) is 0. The molecule has 2 aliphatic rings. The van der Waals surface area contributed by atoms with Crippen LogP contribution >= 0.6 is 0 Å². The lowest BCUT2D eigenvalue weighted by molar-refractivity contribution is 0.0564. The van der Waals surface area contributed by atoms with Gasteiger partial charge in [-0.25, -0.2) is 4.98 Å². The summed E-state index contributed by atoms with van der Waals surface area (Å²) >= 11 is 0. The summed E-state index contributed by atoms with van der Waals surface area (Å²) in [6.45, 7) is 3.18. The number of fused-ring (bicyclic) bond motifs is 1. The second-order valence-corrected chi connectivity index (χ2v) is 6.15. The molecule has 2 fully saturated rings. The van der Waals surface area contributed by atoms with Crippen LogP contribution < -0.4 is 4.74 Å². The van der Waals surface area contributed by atoms with Crippen molar-refractivity contribution in [2.75, 3.05) is 26.2 Å². The molecule has 2 saturated heterocycles. The predicted molar refractivity (Wildman–Crippen MR) is 86.6 cm³/mol. The molecule has 4 heterocycles. The highest BCUT2D eigenvalue weighted by Crippen LogP contribution is 2.26. The summed E-state index contributed by atoms with van der Waals surface area (Å²) < 4.78 is 6.02. The van der Waals surface area contributed by atoms with Crippen molar-refractivity contribution in [1.29, 1.82) is 0 Å². The maximum Gasteiger partial charge on any atom is 0.274 e. The van der Waals surface area contributed by atoms with Crippen LogP contribution in [0.2, 0.25) is 0 Å². The standard InChI is InChI=1S/C17H19N5O2/c23-17(16-10-19-4-5-20-16)22-7-6-21-12-15(8-13(21)11-22)24-14-2-1-3-18-9-14/h1-5,9-10,13,15H,6-8,11-12H2/t13-,15+/m0/s1. The van der Waals surface area contributed by atoms with Gasteiger partial charge in [-0.2, -0.15) is 0 Å². The monoisotopic (exact) mass is 325 g/mol. The largest absolute Gasteiger partial charge is 0.487 e. The number of nitrogens with zero attached hydrogens (tertiary/aromatic N) is 5. The van der Waals surface area contributed by atoms with E-state index in [0.717, 1.165) is 25.3 Å². The van der Waals surface area contributed by atoms with E-state index in [1.54, 1.807) is 24.8 Å². The molecule has 2 atom stereocenters. The number of pyridine rings is 1. The first-order chi connectivity index (χ1) is 11.8. The summed E-state index contributed by atoms with van der Waals surface area (Å²) in [5.41, 5.74) is 0.409. The molecule has 1 amide bonds. The van der Waals surface area contributed by atoms with E-state index in [9.17, 15) is 4.79 Å². The third kappa shape index (κ3) is 3.07. The van der Waals surface area contributed by atoms with Gasteiger partial charge in [0, 0.05) is 57.2 Å². The molecule has 0 unspecified atom stereocenters. The fourth-order valence-electron chi connectivity index (χ4n) is 3.45. The molecule has 7 heteroatoms. The van der Waals surface area contributed by atoms with Gasteiger partial charge in [0.1, 0.15) is 17.5 Å². The molecule has 0 saturated carbocycles. The highest BCUT2D eigenvalue weighted by Gasteiger charge is 2.38. The van der Waals surface area contributed by atoms with Gasteiger partial charge in [-0.3, -0.25) is 19.7 Å². The molecule has 24 heavy (non-hydrogen) atoms. The van der Waals surface area contributed by atoms with Crippen LogP contribution in [0.1, 0.15) is 16.9 Å². The zero-order valence-electron chi connectivity index (χ0n) is 13.3. The average molecular weight is 325 g/mol. The first-order valence-electron chi connectivity index (χ1n) is 8.15. The van der Waals surface area contributed by atoms with E-state index in [-0.39, 0.29) is 12.0 Å². The zero-order chi connectivity index (χ0) is 16.4. The summed E-state index contributed by atoms with van der Waals surface area (Å²) in [6.07, 6.45) is 9.19. The Kier molecular flexibility index (Phi) is 4.08. The first kappa shape index (κ1) is 15.0. The lowest BCUT2D eigenvalue weighted by Gasteiger charge is -2.36. The Morgan fingerprint density at radius 1 is 1.12 bits per heavy atom. The number of rotatable bonds is 3. The summed E-state index contributed by atoms with van der Waals surface area (Å²) in [4.78, 5) is 29.0. The quantitative estimate of drug-likeness (QED) is 0.833. The minimum Gasteiger partial charge on any atom is -0.487 e. The summed E-state index contributed by atoms with van der Waals surface area (Å²) in [5.74, 6) is 0.759. The Balaban J connectivity index is 1.38. The van der Waals surface area contributed by atoms with Crippen LogP contribution in [0, 0.1) is 0 Å². The Morgan fingerprint density at radius 3 is 2.83 bits per heavy atom. The highest BCUT2D eigenvalue weighted by molar-refractivity contribution is 5.92. The number of carbonyl (C=O) groups excluding carboxylic acids is 1. The molecule has 0 aliphatic carbocycles. The van der Waals surface area contributed by atoms with Crippen molar-refractivity contribution in [3.63, 3.8) is 0 Å². The number of aromatic nitrogens is 3. The van der Waals surface area contributed by atoms with Gasteiger partial charge in [-0.1, -0.05) is 0 Å². The van der Waals surface area contributed by atoms with Crippen molar-refractivity contribution in [2.45, 2.75) is 18.6 Å². The fraction of sp³-hybridized carbons (Fsp3) is 0.412. The van der Waals surface area contributed by atoms with Gasteiger partial charge in [0.15, 0.2) is 0 Å². The third-order valence-corrected chi connectivity index (χ3v) is 4.58. The second kappa shape index (κ2) is 6.52. The van der Waals surface area contributed by atoms with Crippen LogP contribution in [0.3, 0.4) is 0 Å². The van der Waals surface area contributed by atoms with Crippen molar-refractivity contribution in [2.24, 2.45) is 0 Å². The van der Waals surface area contributed by atoms with Gasteiger partial charge >= 0.3 is 0 Å². The number of carbonyl (C=O) groups is 1. The van der Waals surface area contributed by atoms with Gasteiger partial charge in [0.25, 0.3) is 5.91 Å². The number of piperazine rings is 1. The number of hydrogen-bond donors (Lipinski definition) is 0. The van der Waals surface area contributed by atoms with Gasteiger partial charge in [0.2, 0.25) is 0 Å². The summed E-state index contributed by atoms with van der Waals surface area (Å²) in [7, 11) is 0. The summed E-state index contributed by atoms with van der Waals surface area (Å²) in [6, 6.07) is 4.13. The highest BCUT2D eigenvalue weighted by atomic mass is 16.5. The van der Waals surface area contributed by atoms with Crippen LogP contribution in [-0.2, 0) is 0 Å². The molecule has 0 aromatic carbocycles. The molecule has 2 aromatic heterocycles. The topological polar surface area (TPSA) is 71.5 Å². The fourth-order valence-corrected chi connectivity index (χ4v) is 3.45. The molecular weight excluding hydrogens is 306 g/mol. The van der Waals surface area contributed by atoms with Crippen molar-refractivity contribution in [3.8, 4) is 5.75 Å². The molecule has 4 rings (SSSR count). The van der Waals surface area contributed by atoms with Crippen molar-refractivity contribution in [3.05, 3.63) is 48.8 Å². The Hall–Kier alpha value is -2.54. The lowest BCUT2D eigenvalue weighted by Crippen LogP contribution is -2.52. The maximum absolute atomic E-state index is 12.5. The molecule has 0 N–H and O–H groups in total. The molecular formula is C17H19N5O2. The van der Waals surface area contributed by atoms with Gasteiger partial charge < -0.3 is 9.64 Å². The Morgan fingerprint density at radius 2 is 2.04 bits per heavy atom. The first-order valence-corrected chi connectivity index (χ1v) is 8.15. The van der Waals surface area contributed by atoms with Crippen LogP contribution in [0.4, 0.5) is 0 Å². The van der Waals surface area contributed by atoms with Crippen LogP contribution in [-0.4, -0.2) is 69.0 Å². The maximum atomic E-state index is 12.5. The van der Waals surface area contributed by atoms with Crippen molar-refractivity contribution < 1.29 is 9.53 Å². The van der Waals surface area contributed by atoms with Gasteiger partial charge in [0.05, 0.1) is 12.4 Å². The van der Waals surface area contributed by atoms with E-state index < -0.39 is 0 Å². The van der Waals surface area contributed by atoms with E-state index in [0.29, 0.717) is 24.8 Å². The molecule has 7 nitrogen and oxygen atoms in total. The average Bonchev–Trinajstić information content (AvgIpc) is 3.04. The number of hydrogen-bond acceptors (Lipinski definition) is 6. The Bertz CT molecular complexity index is 697. The van der Waals surface area contributed by atoms with Crippen molar-refractivity contribution in [1.82, 2.24) is 24.8 Å². The minimum absolute atomic E-state index is 0.0422. The lowest BCUT2D eigenvalue weighted by atomic mass is 10.1. The molecule has 0 bridgehead atoms. The normalized spacial score (nSPS) is 23.8. The minimum atomic E-state index is -0.0422. The molecule has 124 valence electrons. The number of ether oxygens (including phenoxy) is 1. The van der Waals surface area contributed by atoms with E-state index in [1.807, 2.05) is 17.0 Å². The predicted octanol–water partition coefficient (Wildman–Crippen LogP) is 0.849.